The molecule has 0 fully saturated rings. The second kappa shape index (κ2) is 4.70. The van der Waals surface area contributed by atoms with Crippen molar-refractivity contribution in [1.29, 1.82) is 0 Å². The van der Waals surface area contributed by atoms with Crippen LogP contribution in [-0.2, 0) is 11.2 Å². The van der Waals surface area contributed by atoms with E-state index in [4.69, 9.17) is 0 Å². The molecule has 0 unspecified atom stereocenters. The summed E-state index contributed by atoms with van der Waals surface area (Å²) in [6.45, 7) is 0. The highest BCUT2D eigenvalue weighted by Gasteiger charge is 2.19. The first-order chi connectivity index (χ1) is 10.7. The minimum Gasteiger partial charge on any atom is -0.345 e. The van der Waals surface area contributed by atoms with Gasteiger partial charge in [-0.2, -0.15) is 0 Å². The van der Waals surface area contributed by atoms with Gasteiger partial charge in [0, 0.05) is 16.9 Å². The zero-order valence-corrected chi connectivity index (χ0v) is 11.5. The van der Waals surface area contributed by atoms with E-state index in [-0.39, 0.29) is 11.8 Å². The van der Waals surface area contributed by atoms with Crippen LogP contribution in [-0.4, -0.2) is 21.8 Å². The smallest absolute Gasteiger partial charge is 0.255 e. The average Bonchev–Trinajstić information content (AvgIpc) is 3.10. The summed E-state index contributed by atoms with van der Waals surface area (Å²) in [5.41, 5.74) is 4.56. The standard InChI is InChI=1S/C16H12N4O2/c21-15-6-10-5-9(1-3-12(10)20-15)16(22)19-11-2-4-13-14(7-11)18-8-17-13/h1-5,7-8H,6H2,(H,17,18)(H,19,22)(H,20,21). The highest BCUT2D eigenvalue weighted by molar-refractivity contribution is 6.07. The van der Waals surface area contributed by atoms with Crippen LogP contribution in [0.5, 0.6) is 0 Å². The monoisotopic (exact) mass is 292 g/mol. The number of carbonyl (C=O) groups excluding carboxylic acids is 2. The van der Waals surface area contributed by atoms with E-state index in [0.29, 0.717) is 17.7 Å². The van der Waals surface area contributed by atoms with Gasteiger partial charge in [-0.1, -0.05) is 0 Å². The Kier molecular flexibility index (Phi) is 2.69. The van der Waals surface area contributed by atoms with Gasteiger partial charge in [0.05, 0.1) is 23.8 Å². The van der Waals surface area contributed by atoms with Crippen molar-refractivity contribution in [2.45, 2.75) is 6.42 Å². The number of anilines is 2. The predicted octanol–water partition coefficient (Wildman–Crippen LogP) is 2.31. The van der Waals surface area contributed by atoms with Crippen molar-refractivity contribution in [3.63, 3.8) is 0 Å². The summed E-state index contributed by atoms with van der Waals surface area (Å²) < 4.78 is 0. The van der Waals surface area contributed by atoms with Gasteiger partial charge in [-0.15, -0.1) is 0 Å². The van der Waals surface area contributed by atoms with E-state index in [1.165, 1.54) is 0 Å². The Bertz CT molecular complexity index is 913. The molecule has 0 saturated heterocycles. The van der Waals surface area contributed by atoms with Crippen LogP contribution >= 0.6 is 0 Å². The Labute approximate surface area is 125 Å². The number of benzene rings is 2. The summed E-state index contributed by atoms with van der Waals surface area (Å²) in [5, 5.41) is 5.60. The van der Waals surface area contributed by atoms with Gasteiger partial charge in [0.15, 0.2) is 0 Å². The number of fused-ring (bicyclic) bond motifs is 2. The molecule has 1 aliphatic rings. The lowest BCUT2D eigenvalue weighted by Gasteiger charge is -2.07. The third kappa shape index (κ3) is 2.10. The molecule has 0 radical (unpaired) electrons. The quantitative estimate of drug-likeness (QED) is 0.677. The Morgan fingerprint density at radius 1 is 1.18 bits per heavy atom. The van der Waals surface area contributed by atoms with E-state index < -0.39 is 0 Å². The van der Waals surface area contributed by atoms with Crippen LogP contribution < -0.4 is 10.6 Å². The van der Waals surface area contributed by atoms with Crippen LogP contribution in [0.2, 0.25) is 0 Å². The summed E-state index contributed by atoms with van der Waals surface area (Å²) >= 11 is 0. The maximum atomic E-state index is 12.3. The van der Waals surface area contributed by atoms with E-state index >= 15 is 0 Å². The Morgan fingerprint density at radius 3 is 3.00 bits per heavy atom. The first kappa shape index (κ1) is 12.6. The van der Waals surface area contributed by atoms with Crippen molar-refractivity contribution < 1.29 is 9.59 Å². The summed E-state index contributed by atoms with van der Waals surface area (Å²) in [5.74, 6) is -0.252. The molecule has 4 rings (SSSR count). The minimum atomic E-state index is -0.207. The Hall–Kier alpha value is -3.15. The van der Waals surface area contributed by atoms with Gasteiger partial charge in [0.25, 0.3) is 5.91 Å². The number of aromatic nitrogens is 2. The molecule has 6 heteroatoms. The maximum absolute atomic E-state index is 12.3. The largest absolute Gasteiger partial charge is 0.345 e. The molecule has 6 nitrogen and oxygen atoms in total. The molecule has 0 bridgehead atoms. The van der Waals surface area contributed by atoms with Crippen LogP contribution in [0.4, 0.5) is 11.4 Å². The van der Waals surface area contributed by atoms with Gasteiger partial charge in [-0.25, -0.2) is 4.98 Å². The van der Waals surface area contributed by atoms with E-state index in [1.807, 2.05) is 12.1 Å². The average molecular weight is 292 g/mol. The molecular weight excluding hydrogens is 280 g/mol. The van der Waals surface area contributed by atoms with Crippen LogP contribution in [0.3, 0.4) is 0 Å². The number of rotatable bonds is 2. The lowest BCUT2D eigenvalue weighted by molar-refractivity contribution is -0.115. The summed E-state index contributed by atoms with van der Waals surface area (Å²) in [4.78, 5) is 30.8. The number of H-pyrrole nitrogens is 1. The molecule has 1 aliphatic heterocycles. The van der Waals surface area contributed by atoms with Gasteiger partial charge in [-0.05, 0) is 42.0 Å². The van der Waals surface area contributed by atoms with Crippen LogP contribution in [0.1, 0.15) is 15.9 Å². The first-order valence-electron chi connectivity index (χ1n) is 6.86. The highest BCUT2D eigenvalue weighted by atomic mass is 16.2. The van der Waals surface area contributed by atoms with Crippen molar-refractivity contribution in [2.24, 2.45) is 0 Å². The molecule has 0 atom stereocenters. The molecule has 3 N–H and O–H groups in total. The van der Waals surface area contributed by atoms with Gasteiger partial charge >= 0.3 is 0 Å². The third-order valence-electron chi connectivity index (χ3n) is 3.67. The molecule has 0 spiro atoms. The van der Waals surface area contributed by atoms with Crippen molar-refractivity contribution in [2.75, 3.05) is 10.6 Å². The molecule has 0 saturated carbocycles. The number of imidazole rings is 1. The minimum absolute atomic E-state index is 0.0442. The second-order valence-corrected chi connectivity index (χ2v) is 5.19. The summed E-state index contributed by atoms with van der Waals surface area (Å²) in [6, 6.07) is 10.7. The number of hydrogen-bond donors (Lipinski definition) is 3. The third-order valence-corrected chi connectivity index (χ3v) is 3.67. The second-order valence-electron chi connectivity index (χ2n) is 5.19. The topological polar surface area (TPSA) is 86.9 Å². The number of amides is 2. The first-order valence-corrected chi connectivity index (χ1v) is 6.86. The van der Waals surface area contributed by atoms with Crippen molar-refractivity contribution >= 4 is 34.2 Å². The van der Waals surface area contributed by atoms with Gasteiger partial charge in [0.1, 0.15) is 0 Å². The zero-order valence-electron chi connectivity index (χ0n) is 11.5. The normalized spacial score (nSPS) is 13.0. The summed E-state index contributed by atoms with van der Waals surface area (Å²) in [6.07, 6.45) is 1.93. The molecule has 2 amide bonds. The molecule has 0 aliphatic carbocycles. The van der Waals surface area contributed by atoms with Crippen molar-refractivity contribution in [3.8, 4) is 0 Å². The number of carbonyl (C=O) groups is 2. The van der Waals surface area contributed by atoms with Gasteiger partial charge < -0.3 is 15.6 Å². The SMILES string of the molecule is O=C1Cc2cc(C(=O)Nc3ccc4nc[nH]c4c3)ccc2N1. The molecular formula is C16H12N4O2. The molecule has 108 valence electrons. The molecule has 1 aromatic heterocycles. The lowest BCUT2D eigenvalue weighted by atomic mass is 10.1. The molecule has 22 heavy (non-hydrogen) atoms. The van der Waals surface area contributed by atoms with Crippen LogP contribution in [0.15, 0.2) is 42.7 Å². The Balaban J connectivity index is 1.59. The number of aromatic amines is 1. The fourth-order valence-corrected chi connectivity index (χ4v) is 2.59. The highest BCUT2D eigenvalue weighted by Crippen LogP contribution is 2.24. The maximum Gasteiger partial charge on any atom is 0.255 e. The predicted molar refractivity (Wildman–Crippen MR) is 82.8 cm³/mol. The van der Waals surface area contributed by atoms with Crippen LogP contribution in [0, 0.1) is 0 Å². The van der Waals surface area contributed by atoms with E-state index in [0.717, 1.165) is 22.3 Å². The molecule has 3 aromatic rings. The van der Waals surface area contributed by atoms with E-state index in [2.05, 4.69) is 20.6 Å². The fourth-order valence-electron chi connectivity index (χ4n) is 2.59. The zero-order chi connectivity index (χ0) is 15.1. The van der Waals surface area contributed by atoms with Crippen molar-refractivity contribution in [3.05, 3.63) is 53.9 Å². The summed E-state index contributed by atoms with van der Waals surface area (Å²) in [7, 11) is 0. The van der Waals surface area contributed by atoms with Gasteiger partial charge in [-0.3, -0.25) is 9.59 Å². The van der Waals surface area contributed by atoms with Crippen LogP contribution in [0.25, 0.3) is 11.0 Å². The van der Waals surface area contributed by atoms with Crippen molar-refractivity contribution in [1.82, 2.24) is 9.97 Å². The molecule has 2 heterocycles. The number of nitrogens with one attached hydrogen (secondary N) is 3. The number of nitrogens with zero attached hydrogens (tertiary/aromatic N) is 1. The Morgan fingerprint density at radius 2 is 2.09 bits per heavy atom. The fraction of sp³-hybridized carbons (Fsp3) is 0.0625. The number of hydrogen-bond acceptors (Lipinski definition) is 3. The van der Waals surface area contributed by atoms with E-state index in [9.17, 15) is 9.59 Å². The lowest BCUT2D eigenvalue weighted by Crippen LogP contribution is -2.12. The molecule has 2 aromatic carbocycles. The van der Waals surface area contributed by atoms with Gasteiger partial charge in [0.2, 0.25) is 5.91 Å². The van der Waals surface area contributed by atoms with E-state index in [1.54, 1.807) is 30.6 Å².